The Balaban J connectivity index is 2.61. The Morgan fingerprint density at radius 1 is 1.53 bits per heavy atom. The number of hydrogen-bond donors (Lipinski definition) is 1. The minimum atomic E-state index is -0.902. The topological polar surface area (TPSA) is 55.1 Å². The quantitative estimate of drug-likeness (QED) is 0.881. The Morgan fingerprint density at radius 2 is 2.29 bits per heavy atom. The lowest BCUT2D eigenvalue weighted by molar-refractivity contribution is 0.0698. The molecular weight excluding hydrogens is 216 g/mol. The second-order valence-electron chi connectivity index (χ2n) is 4.27. The van der Waals surface area contributed by atoms with Crippen molar-refractivity contribution < 1.29 is 9.90 Å². The molecule has 17 heavy (non-hydrogen) atoms. The fourth-order valence-corrected chi connectivity index (χ4v) is 2.15. The Morgan fingerprint density at radius 3 is 2.94 bits per heavy atom. The maximum absolute atomic E-state index is 11.2. The fraction of sp³-hybridized carbons (Fsp3) is 0.385. The van der Waals surface area contributed by atoms with Crippen molar-refractivity contribution >= 4 is 17.0 Å². The molecule has 1 atom stereocenters. The van der Waals surface area contributed by atoms with Gasteiger partial charge in [-0.15, -0.1) is 0 Å². The number of aromatic carboxylic acids is 1. The lowest BCUT2D eigenvalue weighted by atomic mass is 10.1. The standard InChI is InChI=1S/C13H16N2O2/c1-3-5-9(2)15-8-14-11-7-4-6-10(12(11)15)13(16)17/h4,6-9H,3,5H2,1-2H3,(H,16,17). The molecule has 4 nitrogen and oxygen atoms in total. The van der Waals surface area contributed by atoms with E-state index in [1.54, 1.807) is 18.5 Å². The van der Waals surface area contributed by atoms with E-state index in [0.29, 0.717) is 5.56 Å². The summed E-state index contributed by atoms with van der Waals surface area (Å²) < 4.78 is 1.96. The van der Waals surface area contributed by atoms with Crippen LogP contribution in [0.2, 0.25) is 0 Å². The molecule has 1 aromatic heterocycles. The molecule has 2 rings (SSSR count). The van der Waals surface area contributed by atoms with E-state index in [0.717, 1.165) is 23.9 Å². The summed E-state index contributed by atoms with van der Waals surface area (Å²) >= 11 is 0. The molecule has 0 saturated heterocycles. The normalized spacial score (nSPS) is 12.8. The van der Waals surface area contributed by atoms with Crippen LogP contribution in [-0.2, 0) is 0 Å². The number of hydrogen-bond acceptors (Lipinski definition) is 2. The fourth-order valence-electron chi connectivity index (χ4n) is 2.15. The van der Waals surface area contributed by atoms with Crippen LogP contribution in [0.3, 0.4) is 0 Å². The van der Waals surface area contributed by atoms with Gasteiger partial charge in [0.2, 0.25) is 0 Å². The Hall–Kier alpha value is -1.84. The van der Waals surface area contributed by atoms with E-state index >= 15 is 0 Å². The number of aromatic nitrogens is 2. The van der Waals surface area contributed by atoms with Crippen LogP contribution < -0.4 is 0 Å². The highest BCUT2D eigenvalue weighted by molar-refractivity contribution is 6.01. The average Bonchev–Trinajstić information content (AvgIpc) is 2.72. The molecule has 2 aromatic rings. The van der Waals surface area contributed by atoms with E-state index in [1.165, 1.54) is 0 Å². The zero-order valence-electron chi connectivity index (χ0n) is 10.1. The van der Waals surface area contributed by atoms with Gasteiger partial charge in [0.25, 0.3) is 0 Å². The molecule has 4 heteroatoms. The van der Waals surface area contributed by atoms with Crippen LogP contribution >= 0.6 is 0 Å². The number of para-hydroxylation sites is 1. The zero-order chi connectivity index (χ0) is 12.4. The van der Waals surface area contributed by atoms with Gasteiger partial charge in [0, 0.05) is 6.04 Å². The van der Waals surface area contributed by atoms with Crippen LogP contribution in [0.5, 0.6) is 0 Å². The summed E-state index contributed by atoms with van der Waals surface area (Å²) in [5, 5.41) is 9.20. The van der Waals surface area contributed by atoms with Gasteiger partial charge in [-0.1, -0.05) is 19.4 Å². The maximum atomic E-state index is 11.2. The number of carboxylic acids is 1. The summed E-state index contributed by atoms with van der Waals surface area (Å²) in [4.78, 5) is 15.5. The van der Waals surface area contributed by atoms with E-state index in [2.05, 4.69) is 18.8 Å². The molecule has 1 N–H and O–H groups in total. The average molecular weight is 232 g/mol. The number of imidazole rings is 1. The van der Waals surface area contributed by atoms with Crippen molar-refractivity contribution in [1.82, 2.24) is 9.55 Å². The van der Waals surface area contributed by atoms with Crippen LogP contribution in [0.25, 0.3) is 11.0 Å². The molecule has 0 amide bonds. The highest BCUT2D eigenvalue weighted by atomic mass is 16.4. The molecule has 1 heterocycles. The van der Waals surface area contributed by atoms with Crippen LogP contribution in [0, 0.1) is 0 Å². The third-order valence-corrected chi connectivity index (χ3v) is 3.01. The van der Waals surface area contributed by atoms with Gasteiger partial charge in [0.15, 0.2) is 0 Å². The summed E-state index contributed by atoms with van der Waals surface area (Å²) in [5.74, 6) is -0.902. The third-order valence-electron chi connectivity index (χ3n) is 3.01. The van der Waals surface area contributed by atoms with Gasteiger partial charge in [0.05, 0.1) is 22.9 Å². The number of nitrogens with zero attached hydrogens (tertiary/aromatic N) is 2. The van der Waals surface area contributed by atoms with Crippen molar-refractivity contribution in [3.05, 3.63) is 30.1 Å². The van der Waals surface area contributed by atoms with E-state index in [1.807, 2.05) is 10.6 Å². The first kappa shape index (κ1) is 11.6. The SMILES string of the molecule is CCCC(C)n1cnc2cccc(C(=O)O)c21. The van der Waals surface area contributed by atoms with Crippen molar-refractivity contribution in [1.29, 1.82) is 0 Å². The molecule has 1 unspecified atom stereocenters. The predicted molar refractivity (Wildman–Crippen MR) is 66.3 cm³/mol. The lowest BCUT2D eigenvalue weighted by Gasteiger charge is -2.14. The second kappa shape index (κ2) is 4.57. The first-order valence-corrected chi connectivity index (χ1v) is 5.84. The van der Waals surface area contributed by atoms with Crippen LogP contribution in [0.4, 0.5) is 0 Å². The molecule has 0 fully saturated rings. The van der Waals surface area contributed by atoms with Crippen LogP contribution in [0.1, 0.15) is 43.1 Å². The Bertz CT molecular complexity index is 545. The second-order valence-corrected chi connectivity index (χ2v) is 4.27. The number of fused-ring (bicyclic) bond motifs is 1. The van der Waals surface area contributed by atoms with Crippen LogP contribution in [-0.4, -0.2) is 20.6 Å². The van der Waals surface area contributed by atoms with Gasteiger partial charge >= 0.3 is 5.97 Å². The summed E-state index contributed by atoms with van der Waals surface area (Å²) in [6, 6.07) is 5.47. The van der Waals surface area contributed by atoms with Gasteiger partial charge in [-0.25, -0.2) is 9.78 Å². The number of carboxylic acid groups (broad SMARTS) is 1. The molecule has 0 radical (unpaired) electrons. The van der Waals surface area contributed by atoms with Crippen molar-refractivity contribution in [3.8, 4) is 0 Å². The maximum Gasteiger partial charge on any atom is 0.337 e. The molecule has 0 aliphatic heterocycles. The van der Waals surface area contributed by atoms with Crippen molar-refractivity contribution in [2.75, 3.05) is 0 Å². The molecule has 0 saturated carbocycles. The summed E-state index contributed by atoms with van der Waals surface area (Å²) in [5.41, 5.74) is 1.79. The van der Waals surface area contributed by atoms with Crippen LogP contribution in [0.15, 0.2) is 24.5 Å². The van der Waals surface area contributed by atoms with Gasteiger partial charge in [0.1, 0.15) is 0 Å². The van der Waals surface area contributed by atoms with Crippen molar-refractivity contribution in [2.24, 2.45) is 0 Å². The van der Waals surface area contributed by atoms with Gasteiger partial charge in [-0.3, -0.25) is 0 Å². The van der Waals surface area contributed by atoms with E-state index in [-0.39, 0.29) is 6.04 Å². The highest BCUT2D eigenvalue weighted by Crippen LogP contribution is 2.23. The Labute approximate surface area is 99.9 Å². The first-order chi connectivity index (χ1) is 8.15. The molecule has 0 bridgehead atoms. The monoisotopic (exact) mass is 232 g/mol. The third kappa shape index (κ3) is 2.02. The predicted octanol–water partition coefficient (Wildman–Crippen LogP) is 3.10. The van der Waals surface area contributed by atoms with Crippen molar-refractivity contribution in [3.63, 3.8) is 0 Å². The van der Waals surface area contributed by atoms with Gasteiger partial charge in [-0.05, 0) is 25.5 Å². The minimum absolute atomic E-state index is 0.269. The number of carbonyl (C=O) groups is 1. The zero-order valence-corrected chi connectivity index (χ0v) is 10.1. The molecular formula is C13H16N2O2. The van der Waals surface area contributed by atoms with E-state index < -0.39 is 5.97 Å². The van der Waals surface area contributed by atoms with Gasteiger partial charge in [-0.2, -0.15) is 0 Å². The highest BCUT2D eigenvalue weighted by Gasteiger charge is 2.15. The van der Waals surface area contributed by atoms with E-state index in [9.17, 15) is 9.90 Å². The molecule has 0 aliphatic carbocycles. The lowest BCUT2D eigenvalue weighted by Crippen LogP contribution is -2.07. The minimum Gasteiger partial charge on any atom is -0.478 e. The molecule has 0 aliphatic rings. The molecule has 0 spiro atoms. The summed E-state index contributed by atoms with van der Waals surface area (Å²) in [6.07, 6.45) is 3.81. The number of rotatable bonds is 4. The van der Waals surface area contributed by atoms with Crippen molar-refractivity contribution in [2.45, 2.75) is 32.7 Å². The molecule has 1 aromatic carbocycles. The first-order valence-electron chi connectivity index (χ1n) is 5.84. The summed E-state index contributed by atoms with van der Waals surface area (Å²) in [7, 11) is 0. The summed E-state index contributed by atoms with van der Waals surface area (Å²) in [6.45, 7) is 4.21. The smallest absolute Gasteiger partial charge is 0.337 e. The number of benzene rings is 1. The molecule has 90 valence electrons. The Kier molecular flexibility index (Phi) is 3.13. The largest absolute Gasteiger partial charge is 0.478 e. The van der Waals surface area contributed by atoms with E-state index in [4.69, 9.17) is 0 Å². The van der Waals surface area contributed by atoms with Gasteiger partial charge < -0.3 is 9.67 Å².